The molecule has 1 saturated carbocycles. The highest BCUT2D eigenvalue weighted by Crippen LogP contribution is 2.53. The Hall–Kier alpha value is -3.49. The topological polar surface area (TPSA) is 79.0 Å². The fourth-order valence-electron chi connectivity index (χ4n) is 5.43. The number of halogens is 4. The van der Waals surface area contributed by atoms with Crippen molar-refractivity contribution in [1.29, 1.82) is 5.26 Å². The first-order valence-corrected chi connectivity index (χ1v) is 13.0. The van der Waals surface area contributed by atoms with Crippen LogP contribution in [0.2, 0.25) is 0 Å². The Bertz CT molecular complexity index is 1560. The van der Waals surface area contributed by atoms with Crippen LogP contribution in [-0.4, -0.2) is 35.6 Å². The third-order valence-corrected chi connectivity index (χ3v) is 9.31. The van der Waals surface area contributed by atoms with Gasteiger partial charge in [-0.15, -0.1) is 0 Å². The predicted molar refractivity (Wildman–Crippen MR) is 127 cm³/mol. The lowest BCUT2D eigenvalue weighted by Gasteiger charge is -2.37. The molecule has 0 saturated heterocycles. The zero-order valence-corrected chi connectivity index (χ0v) is 20.6. The summed E-state index contributed by atoms with van der Waals surface area (Å²) in [5.41, 5.74) is 3.13. The van der Waals surface area contributed by atoms with Gasteiger partial charge in [0.05, 0.1) is 23.6 Å². The zero-order valence-electron chi connectivity index (χ0n) is 19.8. The van der Waals surface area contributed by atoms with E-state index in [1.54, 1.807) is 29.1 Å². The van der Waals surface area contributed by atoms with Crippen LogP contribution in [0.1, 0.15) is 31.0 Å². The van der Waals surface area contributed by atoms with Crippen molar-refractivity contribution in [2.24, 2.45) is 11.3 Å². The molecule has 0 aliphatic heterocycles. The largest absolute Gasteiger partial charge is 0.247 e. The third kappa shape index (κ3) is 4.24. The number of nitriles is 1. The molecule has 2 aliphatic carbocycles. The van der Waals surface area contributed by atoms with Crippen LogP contribution in [0.25, 0.3) is 11.8 Å². The molecule has 11 heteroatoms. The van der Waals surface area contributed by atoms with Crippen molar-refractivity contribution in [1.82, 2.24) is 14.1 Å². The minimum Gasteiger partial charge on any atom is -0.233 e. The first kappa shape index (κ1) is 25.2. The van der Waals surface area contributed by atoms with E-state index in [1.807, 2.05) is 13.0 Å². The SMILES string of the molecule is C[C@]12Cc3cnn(-c4ccc(F)cc4)c3C=C1CC[C@@H]2CN(CC#N)S(=O)(=O)c1cc(F)c(F)cc1F. The number of hydrogen-bond acceptors (Lipinski definition) is 4. The molecule has 192 valence electrons. The van der Waals surface area contributed by atoms with E-state index in [4.69, 9.17) is 0 Å². The standard InChI is InChI=1S/C26H22F4N4O2S/c1-26-13-16-14-32-34(20-6-4-19(27)5-7-20)24(16)10-17(26)2-3-18(26)15-33(9-8-31)37(35,36)25-12-22(29)21(28)11-23(25)30/h4-7,10-12,14,18H,2-3,9,13,15H2,1H3/t18-,26+/m1/s1. The number of hydrogen-bond donors (Lipinski definition) is 0. The number of aromatic nitrogens is 2. The maximum Gasteiger partial charge on any atom is 0.247 e. The second kappa shape index (κ2) is 9.11. The third-order valence-electron chi connectivity index (χ3n) is 7.49. The molecule has 1 heterocycles. The molecular weight excluding hydrogens is 508 g/mol. The van der Waals surface area contributed by atoms with Crippen molar-refractivity contribution in [3.63, 3.8) is 0 Å². The average Bonchev–Trinajstić information content (AvgIpc) is 3.39. The van der Waals surface area contributed by atoms with Crippen LogP contribution < -0.4 is 0 Å². The molecule has 6 nitrogen and oxygen atoms in total. The molecule has 5 rings (SSSR count). The molecule has 0 bridgehead atoms. The molecule has 3 aromatic rings. The first-order valence-electron chi connectivity index (χ1n) is 11.6. The molecule has 0 N–H and O–H groups in total. The van der Waals surface area contributed by atoms with E-state index in [2.05, 4.69) is 5.10 Å². The second-order valence-corrected chi connectivity index (χ2v) is 11.5. The molecule has 0 radical (unpaired) electrons. The van der Waals surface area contributed by atoms with Gasteiger partial charge in [-0.2, -0.15) is 14.7 Å². The van der Waals surface area contributed by atoms with E-state index in [9.17, 15) is 31.2 Å². The number of allylic oxidation sites excluding steroid dienone is 1. The van der Waals surface area contributed by atoms with Crippen molar-refractivity contribution < 1.29 is 26.0 Å². The van der Waals surface area contributed by atoms with Crippen molar-refractivity contribution in [2.75, 3.05) is 13.1 Å². The van der Waals surface area contributed by atoms with Crippen LogP contribution in [0.4, 0.5) is 17.6 Å². The molecule has 0 amide bonds. The minimum absolute atomic E-state index is 0.0936. The Labute approximate surface area is 211 Å². The normalized spacial score (nSPS) is 20.9. The van der Waals surface area contributed by atoms with Gasteiger partial charge in [-0.05, 0) is 72.6 Å². The fraction of sp³-hybridized carbons (Fsp3) is 0.308. The fourth-order valence-corrected chi connectivity index (χ4v) is 6.87. The maximum absolute atomic E-state index is 14.4. The van der Waals surface area contributed by atoms with Gasteiger partial charge in [0.15, 0.2) is 11.6 Å². The maximum atomic E-state index is 14.4. The van der Waals surface area contributed by atoms with Crippen LogP contribution in [0.15, 0.2) is 53.1 Å². The Morgan fingerprint density at radius 2 is 1.84 bits per heavy atom. The van der Waals surface area contributed by atoms with Gasteiger partial charge in [-0.3, -0.25) is 0 Å². The van der Waals surface area contributed by atoms with E-state index in [-0.39, 0.29) is 24.3 Å². The number of rotatable bonds is 6. The van der Waals surface area contributed by atoms with Gasteiger partial charge < -0.3 is 0 Å². The van der Waals surface area contributed by atoms with Crippen molar-refractivity contribution in [3.05, 3.63) is 82.7 Å². The summed E-state index contributed by atoms with van der Waals surface area (Å²) in [6, 6.07) is 8.26. The lowest BCUT2D eigenvalue weighted by Crippen LogP contribution is -2.41. The number of nitrogens with zero attached hydrogens (tertiary/aromatic N) is 4. The smallest absolute Gasteiger partial charge is 0.233 e. The van der Waals surface area contributed by atoms with E-state index >= 15 is 0 Å². The van der Waals surface area contributed by atoms with Gasteiger partial charge in [0.2, 0.25) is 10.0 Å². The summed E-state index contributed by atoms with van der Waals surface area (Å²) in [5, 5.41) is 13.8. The molecule has 0 unspecified atom stereocenters. The number of sulfonamides is 1. The minimum atomic E-state index is -4.62. The second-order valence-electron chi connectivity index (χ2n) is 9.60. The van der Waals surface area contributed by atoms with Crippen LogP contribution in [0, 0.1) is 45.9 Å². The van der Waals surface area contributed by atoms with E-state index in [1.165, 1.54) is 12.1 Å². The Balaban J connectivity index is 1.45. The quantitative estimate of drug-likeness (QED) is 0.255. The van der Waals surface area contributed by atoms with Gasteiger partial charge >= 0.3 is 0 Å². The van der Waals surface area contributed by atoms with E-state index in [0.717, 1.165) is 21.1 Å². The van der Waals surface area contributed by atoms with Crippen LogP contribution in [-0.2, 0) is 16.4 Å². The molecule has 1 fully saturated rings. The van der Waals surface area contributed by atoms with Crippen LogP contribution >= 0.6 is 0 Å². The Morgan fingerprint density at radius 3 is 2.54 bits per heavy atom. The summed E-state index contributed by atoms with van der Waals surface area (Å²) in [6.45, 7) is 1.35. The van der Waals surface area contributed by atoms with Crippen molar-refractivity contribution in [2.45, 2.75) is 31.1 Å². The summed E-state index contributed by atoms with van der Waals surface area (Å²) in [6.07, 6.45) is 5.60. The van der Waals surface area contributed by atoms with Gasteiger partial charge in [0.1, 0.15) is 23.1 Å². The first-order chi connectivity index (χ1) is 17.5. The van der Waals surface area contributed by atoms with Crippen LogP contribution in [0.3, 0.4) is 0 Å². The molecule has 2 aromatic carbocycles. The lowest BCUT2D eigenvalue weighted by molar-refractivity contribution is 0.227. The van der Waals surface area contributed by atoms with E-state index < -0.39 is 44.3 Å². The van der Waals surface area contributed by atoms with Crippen molar-refractivity contribution in [3.8, 4) is 11.8 Å². The zero-order chi connectivity index (χ0) is 26.5. The lowest BCUT2D eigenvalue weighted by atomic mass is 9.70. The molecule has 1 aromatic heterocycles. The molecular formula is C26H22F4N4O2S. The highest BCUT2D eigenvalue weighted by Gasteiger charge is 2.47. The Morgan fingerprint density at radius 1 is 1.14 bits per heavy atom. The van der Waals surface area contributed by atoms with Gasteiger partial charge in [-0.25, -0.2) is 30.7 Å². The predicted octanol–water partition coefficient (Wildman–Crippen LogP) is 5.00. The van der Waals surface area contributed by atoms with Gasteiger partial charge in [0.25, 0.3) is 0 Å². The van der Waals surface area contributed by atoms with Gasteiger partial charge in [-0.1, -0.05) is 12.5 Å². The summed E-state index contributed by atoms with van der Waals surface area (Å²) in [4.78, 5) is -1.01. The number of fused-ring (bicyclic) bond motifs is 2. The van der Waals surface area contributed by atoms with Gasteiger partial charge in [0, 0.05) is 12.6 Å². The molecule has 0 spiro atoms. The molecule has 37 heavy (non-hydrogen) atoms. The van der Waals surface area contributed by atoms with Crippen LogP contribution in [0.5, 0.6) is 0 Å². The summed E-state index contributed by atoms with van der Waals surface area (Å²) < 4.78 is 84.0. The van der Waals surface area contributed by atoms with E-state index in [0.29, 0.717) is 31.0 Å². The average molecular weight is 531 g/mol. The summed E-state index contributed by atoms with van der Waals surface area (Å²) >= 11 is 0. The monoisotopic (exact) mass is 530 g/mol. The molecule has 2 aliphatic rings. The molecule has 2 atom stereocenters. The summed E-state index contributed by atoms with van der Waals surface area (Å²) in [7, 11) is -4.62. The number of benzene rings is 2. The highest BCUT2D eigenvalue weighted by molar-refractivity contribution is 7.89. The summed E-state index contributed by atoms with van der Waals surface area (Å²) in [5.74, 6) is -4.99. The highest BCUT2D eigenvalue weighted by atomic mass is 32.2. The van der Waals surface area contributed by atoms with Crippen molar-refractivity contribution >= 4 is 16.1 Å². The Kier molecular flexibility index (Phi) is 6.20.